The van der Waals surface area contributed by atoms with Crippen molar-refractivity contribution in [2.75, 3.05) is 6.54 Å². The summed E-state index contributed by atoms with van der Waals surface area (Å²) in [5.74, 6) is 0. The first-order chi connectivity index (χ1) is 9.58. The number of thioether (sulfide) groups is 1. The van der Waals surface area contributed by atoms with Crippen LogP contribution in [0.25, 0.3) is 11.2 Å². The number of hydrogen-bond acceptors (Lipinski definition) is 6. The minimum absolute atomic E-state index is 0.250. The number of hydrogen-bond donors (Lipinski definition) is 2. The number of aromatic amines is 1. The SMILES string of the molecule is CCNC(C)(C#N)CC(C)Sc1ncnc2nc[nH]c12. The lowest BCUT2D eigenvalue weighted by Crippen LogP contribution is -2.42. The fourth-order valence-corrected chi connectivity index (χ4v) is 3.36. The van der Waals surface area contributed by atoms with Crippen LogP contribution in [0.3, 0.4) is 0 Å². The Kier molecular flexibility index (Phi) is 4.57. The van der Waals surface area contributed by atoms with Crippen LogP contribution in [0.2, 0.25) is 0 Å². The number of nitriles is 1. The molecule has 0 radical (unpaired) electrons. The van der Waals surface area contributed by atoms with Crippen molar-refractivity contribution in [1.29, 1.82) is 5.26 Å². The lowest BCUT2D eigenvalue weighted by molar-refractivity contribution is 0.429. The van der Waals surface area contributed by atoms with Gasteiger partial charge in [-0.25, -0.2) is 15.0 Å². The average molecular weight is 290 g/mol. The van der Waals surface area contributed by atoms with Gasteiger partial charge < -0.3 is 4.98 Å². The molecule has 0 saturated heterocycles. The Balaban J connectivity index is 2.10. The Bertz CT molecular complexity index is 619. The maximum absolute atomic E-state index is 9.31. The number of rotatable bonds is 6. The van der Waals surface area contributed by atoms with Gasteiger partial charge in [0.05, 0.1) is 12.4 Å². The minimum Gasteiger partial charge on any atom is -0.341 e. The minimum atomic E-state index is -0.513. The van der Waals surface area contributed by atoms with Crippen molar-refractivity contribution >= 4 is 22.9 Å². The van der Waals surface area contributed by atoms with Crippen LogP contribution in [0.4, 0.5) is 0 Å². The van der Waals surface area contributed by atoms with Crippen LogP contribution in [0.5, 0.6) is 0 Å². The molecule has 2 rings (SSSR count). The third-order valence-corrected chi connectivity index (χ3v) is 4.11. The van der Waals surface area contributed by atoms with Gasteiger partial charge in [-0.3, -0.25) is 5.32 Å². The zero-order valence-electron chi connectivity index (χ0n) is 11.8. The van der Waals surface area contributed by atoms with E-state index in [9.17, 15) is 5.26 Å². The molecule has 2 aromatic rings. The first-order valence-corrected chi connectivity index (χ1v) is 7.43. The van der Waals surface area contributed by atoms with Crippen LogP contribution in [-0.4, -0.2) is 37.3 Å². The van der Waals surface area contributed by atoms with E-state index in [0.29, 0.717) is 5.65 Å². The molecule has 0 aliphatic heterocycles. The Morgan fingerprint density at radius 2 is 2.30 bits per heavy atom. The molecule has 2 unspecified atom stereocenters. The molecule has 0 aliphatic rings. The van der Waals surface area contributed by atoms with Crippen molar-refractivity contribution in [3.8, 4) is 6.07 Å². The highest BCUT2D eigenvalue weighted by molar-refractivity contribution is 8.00. The predicted octanol–water partition coefficient (Wildman–Crippen LogP) is 2.12. The van der Waals surface area contributed by atoms with Crippen molar-refractivity contribution in [2.24, 2.45) is 0 Å². The Morgan fingerprint density at radius 3 is 3.00 bits per heavy atom. The van der Waals surface area contributed by atoms with Gasteiger partial charge in [0.2, 0.25) is 0 Å². The lowest BCUT2D eigenvalue weighted by Gasteiger charge is -2.25. The smallest absolute Gasteiger partial charge is 0.181 e. The molecule has 2 N–H and O–H groups in total. The van der Waals surface area contributed by atoms with Crippen molar-refractivity contribution in [2.45, 2.75) is 43.0 Å². The predicted molar refractivity (Wildman–Crippen MR) is 79.3 cm³/mol. The summed E-state index contributed by atoms with van der Waals surface area (Å²) in [7, 11) is 0. The fourth-order valence-electron chi connectivity index (χ4n) is 2.19. The highest BCUT2D eigenvalue weighted by Gasteiger charge is 2.26. The fraction of sp³-hybridized carbons (Fsp3) is 0.538. The number of nitrogens with one attached hydrogen (secondary N) is 2. The maximum Gasteiger partial charge on any atom is 0.181 e. The number of imidazole rings is 1. The van der Waals surface area contributed by atoms with Crippen molar-refractivity contribution in [1.82, 2.24) is 25.3 Å². The van der Waals surface area contributed by atoms with Crippen LogP contribution in [-0.2, 0) is 0 Å². The highest BCUT2D eigenvalue weighted by atomic mass is 32.2. The van der Waals surface area contributed by atoms with Crippen molar-refractivity contribution < 1.29 is 0 Å². The van der Waals surface area contributed by atoms with E-state index in [-0.39, 0.29) is 5.25 Å². The molecule has 2 atom stereocenters. The summed E-state index contributed by atoms with van der Waals surface area (Å²) in [5.41, 5.74) is 1.01. The molecule has 0 bridgehead atoms. The van der Waals surface area contributed by atoms with Gasteiger partial charge in [0.1, 0.15) is 22.4 Å². The molecule has 0 spiro atoms. The molecule has 6 nitrogen and oxygen atoms in total. The quantitative estimate of drug-likeness (QED) is 0.625. The largest absolute Gasteiger partial charge is 0.341 e. The van der Waals surface area contributed by atoms with E-state index in [1.807, 2.05) is 13.8 Å². The Morgan fingerprint density at radius 1 is 1.50 bits per heavy atom. The second-order valence-corrected chi connectivity index (χ2v) is 6.31. The summed E-state index contributed by atoms with van der Waals surface area (Å²) in [4.78, 5) is 15.6. The molecule has 7 heteroatoms. The van der Waals surface area contributed by atoms with E-state index in [1.165, 1.54) is 6.33 Å². The topological polar surface area (TPSA) is 90.3 Å². The molecular weight excluding hydrogens is 272 g/mol. The Hall–Kier alpha value is -1.65. The summed E-state index contributed by atoms with van der Waals surface area (Å²) in [6.07, 6.45) is 3.87. The second-order valence-electron chi connectivity index (χ2n) is 4.89. The summed E-state index contributed by atoms with van der Waals surface area (Å²) < 4.78 is 0. The maximum atomic E-state index is 9.31. The molecule has 2 aromatic heterocycles. The highest BCUT2D eigenvalue weighted by Crippen LogP contribution is 2.30. The van der Waals surface area contributed by atoms with Gasteiger partial charge in [-0.15, -0.1) is 11.8 Å². The molecule has 2 heterocycles. The Labute approximate surface area is 122 Å². The molecule has 20 heavy (non-hydrogen) atoms. The summed E-state index contributed by atoms with van der Waals surface area (Å²) >= 11 is 1.63. The van der Waals surface area contributed by atoms with Gasteiger partial charge in [-0.1, -0.05) is 13.8 Å². The third kappa shape index (κ3) is 3.26. The van der Waals surface area contributed by atoms with E-state index >= 15 is 0 Å². The summed E-state index contributed by atoms with van der Waals surface area (Å²) in [6.45, 7) is 6.81. The van der Waals surface area contributed by atoms with Gasteiger partial charge in [-0.05, 0) is 19.9 Å². The van der Waals surface area contributed by atoms with E-state index in [2.05, 4.69) is 38.2 Å². The third-order valence-electron chi connectivity index (χ3n) is 3.01. The monoisotopic (exact) mass is 290 g/mol. The first-order valence-electron chi connectivity index (χ1n) is 6.55. The zero-order valence-corrected chi connectivity index (χ0v) is 12.7. The van der Waals surface area contributed by atoms with E-state index < -0.39 is 5.54 Å². The second kappa shape index (κ2) is 6.20. The average Bonchev–Trinajstić information content (AvgIpc) is 2.88. The van der Waals surface area contributed by atoms with Crippen LogP contribution in [0, 0.1) is 11.3 Å². The van der Waals surface area contributed by atoms with Crippen molar-refractivity contribution in [3.63, 3.8) is 0 Å². The molecule has 0 aromatic carbocycles. The standard InChI is InChI=1S/C13H18N6S/c1-4-19-13(3,6-14)5-9(2)20-12-10-11(16-7-15-10)17-8-18-12/h7-9,19H,4-5H2,1-3H3,(H,15,16,17,18). The molecule has 106 valence electrons. The van der Waals surface area contributed by atoms with Crippen LogP contribution >= 0.6 is 11.8 Å². The lowest BCUT2D eigenvalue weighted by atomic mass is 9.98. The molecule has 0 amide bonds. The van der Waals surface area contributed by atoms with Gasteiger partial charge in [0, 0.05) is 5.25 Å². The molecular formula is C13H18N6S. The van der Waals surface area contributed by atoms with E-state index in [4.69, 9.17) is 0 Å². The van der Waals surface area contributed by atoms with Gasteiger partial charge >= 0.3 is 0 Å². The number of aromatic nitrogens is 4. The van der Waals surface area contributed by atoms with E-state index in [0.717, 1.165) is 23.5 Å². The number of fused-ring (bicyclic) bond motifs is 1. The van der Waals surface area contributed by atoms with Gasteiger partial charge in [0.15, 0.2) is 5.65 Å². The zero-order chi connectivity index (χ0) is 14.6. The van der Waals surface area contributed by atoms with Gasteiger partial charge in [-0.2, -0.15) is 5.26 Å². The first kappa shape index (κ1) is 14.8. The number of H-pyrrole nitrogens is 1. The number of nitrogens with zero attached hydrogens (tertiary/aromatic N) is 4. The molecule has 0 fully saturated rings. The summed E-state index contributed by atoms with van der Waals surface area (Å²) in [5, 5.41) is 13.7. The summed E-state index contributed by atoms with van der Waals surface area (Å²) in [6, 6.07) is 2.35. The van der Waals surface area contributed by atoms with Crippen LogP contribution in [0.15, 0.2) is 17.7 Å². The van der Waals surface area contributed by atoms with Crippen LogP contribution in [0.1, 0.15) is 27.2 Å². The molecule has 0 saturated carbocycles. The van der Waals surface area contributed by atoms with E-state index in [1.54, 1.807) is 18.1 Å². The van der Waals surface area contributed by atoms with Crippen LogP contribution < -0.4 is 5.32 Å². The molecule has 0 aliphatic carbocycles. The van der Waals surface area contributed by atoms with Gasteiger partial charge in [0.25, 0.3) is 0 Å². The normalized spacial score (nSPS) is 15.7. The van der Waals surface area contributed by atoms with Crippen molar-refractivity contribution in [3.05, 3.63) is 12.7 Å².